The van der Waals surface area contributed by atoms with Crippen molar-refractivity contribution < 1.29 is 5.11 Å². The fourth-order valence-electron chi connectivity index (χ4n) is 2.51. The second kappa shape index (κ2) is 4.73. The number of nitrogens with zero attached hydrogens (tertiary/aromatic N) is 1. The standard InChI is InChI=1S/C13H19NO2/c1-10-13(16)12(15)7-8-14(10)9-11-5-3-2-4-6-11/h7-8,11,16H,2-6,9H2,1H3. The lowest BCUT2D eigenvalue weighted by Gasteiger charge is -2.23. The topological polar surface area (TPSA) is 42.2 Å². The van der Waals surface area contributed by atoms with E-state index in [1.807, 2.05) is 4.57 Å². The van der Waals surface area contributed by atoms with Gasteiger partial charge >= 0.3 is 0 Å². The molecule has 3 heteroatoms. The Morgan fingerprint density at radius 3 is 2.75 bits per heavy atom. The zero-order valence-electron chi connectivity index (χ0n) is 9.78. The molecule has 0 aliphatic heterocycles. The molecule has 0 spiro atoms. The van der Waals surface area contributed by atoms with E-state index in [0.29, 0.717) is 11.6 Å². The highest BCUT2D eigenvalue weighted by molar-refractivity contribution is 5.25. The average Bonchev–Trinajstić information content (AvgIpc) is 2.31. The first-order valence-corrected chi connectivity index (χ1v) is 6.07. The number of rotatable bonds is 2. The molecule has 1 fully saturated rings. The molecule has 16 heavy (non-hydrogen) atoms. The molecule has 1 aliphatic carbocycles. The SMILES string of the molecule is Cc1c(O)c(=O)ccn1CC1CCCCC1. The molecule has 1 aromatic heterocycles. The average molecular weight is 221 g/mol. The van der Waals surface area contributed by atoms with Crippen LogP contribution in [-0.4, -0.2) is 9.67 Å². The fraction of sp³-hybridized carbons (Fsp3) is 0.615. The van der Waals surface area contributed by atoms with Crippen LogP contribution in [0.2, 0.25) is 0 Å². The summed E-state index contributed by atoms with van der Waals surface area (Å²) in [7, 11) is 0. The van der Waals surface area contributed by atoms with Crippen LogP contribution in [0.15, 0.2) is 17.1 Å². The Labute approximate surface area is 95.7 Å². The van der Waals surface area contributed by atoms with E-state index in [9.17, 15) is 9.90 Å². The first-order chi connectivity index (χ1) is 7.68. The van der Waals surface area contributed by atoms with Crippen molar-refractivity contribution in [1.29, 1.82) is 0 Å². The maximum absolute atomic E-state index is 11.2. The molecule has 0 bridgehead atoms. The van der Waals surface area contributed by atoms with E-state index in [2.05, 4.69) is 0 Å². The van der Waals surface area contributed by atoms with Crippen LogP contribution >= 0.6 is 0 Å². The molecule has 1 N–H and O–H groups in total. The molecule has 88 valence electrons. The van der Waals surface area contributed by atoms with Crippen LogP contribution in [0.1, 0.15) is 37.8 Å². The van der Waals surface area contributed by atoms with Crippen molar-refractivity contribution >= 4 is 0 Å². The zero-order valence-corrected chi connectivity index (χ0v) is 9.78. The highest BCUT2D eigenvalue weighted by Gasteiger charge is 2.15. The summed E-state index contributed by atoms with van der Waals surface area (Å²) in [6.45, 7) is 2.74. The molecule has 3 nitrogen and oxygen atoms in total. The molecule has 1 heterocycles. The number of pyridine rings is 1. The molecule has 1 aliphatic rings. The van der Waals surface area contributed by atoms with Gasteiger partial charge in [0.05, 0.1) is 5.69 Å². The van der Waals surface area contributed by atoms with Crippen LogP contribution in [0, 0.1) is 12.8 Å². The largest absolute Gasteiger partial charge is 0.503 e. The van der Waals surface area contributed by atoms with Gasteiger partial charge in [-0.05, 0) is 25.7 Å². The van der Waals surface area contributed by atoms with Crippen molar-refractivity contribution in [3.63, 3.8) is 0 Å². The Bertz CT molecular complexity index is 416. The van der Waals surface area contributed by atoms with Gasteiger partial charge in [0.25, 0.3) is 0 Å². The molecule has 0 saturated heterocycles. The first kappa shape index (κ1) is 11.2. The van der Waals surface area contributed by atoms with E-state index >= 15 is 0 Å². The molecule has 0 unspecified atom stereocenters. The molecular formula is C13H19NO2. The van der Waals surface area contributed by atoms with Crippen molar-refractivity contribution in [2.45, 2.75) is 45.6 Å². The second-order valence-electron chi connectivity index (χ2n) is 4.77. The molecule has 2 rings (SSSR count). The van der Waals surface area contributed by atoms with E-state index < -0.39 is 0 Å². The third-order valence-corrected chi connectivity index (χ3v) is 3.59. The van der Waals surface area contributed by atoms with Crippen molar-refractivity contribution in [1.82, 2.24) is 4.57 Å². The van der Waals surface area contributed by atoms with Crippen LogP contribution in [-0.2, 0) is 6.54 Å². The molecule has 0 amide bonds. The van der Waals surface area contributed by atoms with Crippen LogP contribution in [0.4, 0.5) is 0 Å². The van der Waals surface area contributed by atoms with Gasteiger partial charge < -0.3 is 9.67 Å². The second-order valence-corrected chi connectivity index (χ2v) is 4.77. The van der Waals surface area contributed by atoms with E-state index in [0.717, 1.165) is 6.54 Å². The van der Waals surface area contributed by atoms with Gasteiger partial charge in [0.15, 0.2) is 5.75 Å². The molecule has 0 radical (unpaired) electrons. The summed E-state index contributed by atoms with van der Waals surface area (Å²) in [5.74, 6) is 0.604. The summed E-state index contributed by atoms with van der Waals surface area (Å²) in [5, 5.41) is 9.58. The summed E-state index contributed by atoms with van der Waals surface area (Å²) in [6, 6.07) is 1.45. The maximum atomic E-state index is 11.2. The summed E-state index contributed by atoms with van der Waals surface area (Å²) in [4.78, 5) is 11.2. The molecule has 0 aromatic carbocycles. The van der Waals surface area contributed by atoms with Gasteiger partial charge in [0, 0.05) is 18.8 Å². The first-order valence-electron chi connectivity index (χ1n) is 6.07. The van der Waals surface area contributed by atoms with Gasteiger partial charge in [0.1, 0.15) is 0 Å². The van der Waals surface area contributed by atoms with Gasteiger partial charge in [0.2, 0.25) is 5.43 Å². The summed E-state index contributed by atoms with van der Waals surface area (Å²) >= 11 is 0. The number of aromatic nitrogens is 1. The van der Waals surface area contributed by atoms with Gasteiger partial charge in [-0.3, -0.25) is 4.79 Å². The van der Waals surface area contributed by atoms with Crippen molar-refractivity contribution in [3.8, 4) is 5.75 Å². The van der Waals surface area contributed by atoms with Crippen molar-refractivity contribution in [2.24, 2.45) is 5.92 Å². The van der Waals surface area contributed by atoms with Crippen molar-refractivity contribution in [2.75, 3.05) is 0 Å². The maximum Gasteiger partial charge on any atom is 0.223 e. The summed E-state index contributed by atoms with van der Waals surface area (Å²) < 4.78 is 2.01. The lowest BCUT2D eigenvalue weighted by molar-refractivity contribution is 0.314. The zero-order chi connectivity index (χ0) is 11.5. The number of hydrogen-bond donors (Lipinski definition) is 1. The molecule has 0 atom stereocenters. The van der Waals surface area contributed by atoms with Crippen LogP contribution in [0.3, 0.4) is 0 Å². The molecule has 1 aromatic rings. The number of hydrogen-bond acceptors (Lipinski definition) is 2. The van der Waals surface area contributed by atoms with Gasteiger partial charge in [-0.15, -0.1) is 0 Å². The predicted octanol–water partition coefficient (Wildman–Crippen LogP) is 2.44. The normalized spacial score (nSPS) is 17.6. The Hall–Kier alpha value is -1.25. The monoisotopic (exact) mass is 221 g/mol. The highest BCUT2D eigenvalue weighted by Crippen LogP contribution is 2.25. The van der Waals surface area contributed by atoms with Crippen LogP contribution in [0.5, 0.6) is 5.75 Å². The minimum atomic E-state index is -0.280. The van der Waals surface area contributed by atoms with Crippen LogP contribution in [0.25, 0.3) is 0 Å². The smallest absolute Gasteiger partial charge is 0.223 e. The molecular weight excluding hydrogens is 202 g/mol. The quantitative estimate of drug-likeness (QED) is 0.833. The van der Waals surface area contributed by atoms with Crippen molar-refractivity contribution in [3.05, 3.63) is 28.2 Å². The van der Waals surface area contributed by atoms with Gasteiger partial charge in [-0.2, -0.15) is 0 Å². The Morgan fingerprint density at radius 2 is 2.06 bits per heavy atom. The summed E-state index contributed by atoms with van der Waals surface area (Å²) in [6.07, 6.45) is 8.32. The van der Waals surface area contributed by atoms with E-state index in [-0.39, 0.29) is 11.2 Å². The Kier molecular flexibility index (Phi) is 3.32. The third-order valence-electron chi connectivity index (χ3n) is 3.59. The lowest BCUT2D eigenvalue weighted by atomic mass is 9.89. The lowest BCUT2D eigenvalue weighted by Crippen LogP contribution is -2.17. The van der Waals surface area contributed by atoms with Gasteiger partial charge in [-0.1, -0.05) is 19.3 Å². The predicted molar refractivity (Wildman–Crippen MR) is 63.7 cm³/mol. The van der Waals surface area contributed by atoms with E-state index in [1.54, 1.807) is 13.1 Å². The minimum Gasteiger partial charge on any atom is -0.503 e. The molecule has 1 saturated carbocycles. The Morgan fingerprint density at radius 1 is 1.38 bits per heavy atom. The third kappa shape index (κ3) is 2.29. The van der Waals surface area contributed by atoms with Gasteiger partial charge in [-0.25, -0.2) is 0 Å². The number of aromatic hydroxyl groups is 1. The highest BCUT2D eigenvalue weighted by atomic mass is 16.3. The fourth-order valence-corrected chi connectivity index (χ4v) is 2.51. The Balaban J connectivity index is 2.15. The minimum absolute atomic E-state index is 0.0988. The van der Waals surface area contributed by atoms with Crippen LogP contribution < -0.4 is 5.43 Å². The van der Waals surface area contributed by atoms with E-state index in [1.165, 1.54) is 38.2 Å². The summed E-state index contributed by atoms with van der Waals surface area (Å²) in [5.41, 5.74) is 0.412. The van der Waals surface area contributed by atoms with E-state index in [4.69, 9.17) is 0 Å².